The second-order valence-corrected chi connectivity index (χ2v) is 7.43. The molecule has 0 radical (unpaired) electrons. The van der Waals surface area contributed by atoms with Crippen LogP contribution in [0.1, 0.15) is 17.7 Å². The van der Waals surface area contributed by atoms with Gasteiger partial charge in [0.2, 0.25) is 0 Å². The van der Waals surface area contributed by atoms with Crippen molar-refractivity contribution in [1.29, 1.82) is 5.26 Å². The maximum absolute atomic E-state index is 12.8. The number of likely N-dealkylation sites (N-methyl/N-ethyl adjacent to an activating group) is 1. The number of nitrogens with zero attached hydrogens (tertiary/aromatic N) is 5. The SMILES string of the molecule is Cc1ccc(-c2c(C=C(C#N)C(=O)N(C)CCO)n(CCCO)c3ncnc(N)c23)cc1. The van der Waals surface area contributed by atoms with E-state index in [2.05, 4.69) is 9.97 Å². The van der Waals surface area contributed by atoms with Crippen molar-refractivity contribution in [3.8, 4) is 17.2 Å². The summed E-state index contributed by atoms with van der Waals surface area (Å²) in [4.78, 5) is 22.6. The van der Waals surface area contributed by atoms with Crippen LogP contribution in [0.5, 0.6) is 0 Å². The minimum Gasteiger partial charge on any atom is -0.396 e. The van der Waals surface area contributed by atoms with Crippen LogP contribution in [-0.4, -0.2) is 62.4 Å². The number of rotatable bonds is 8. The number of carbonyl (C=O) groups excluding carboxylic acids is 1. The lowest BCUT2D eigenvalue weighted by atomic mass is 10.00. The molecule has 9 heteroatoms. The molecule has 0 bridgehead atoms. The quantitative estimate of drug-likeness (QED) is 0.362. The maximum atomic E-state index is 12.8. The first kappa shape index (κ1) is 22.9. The van der Waals surface area contributed by atoms with Gasteiger partial charge in [0, 0.05) is 32.3 Å². The van der Waals surface area contributed by atoms with Gasteiger partial charge in [0.05, 0.1) is 17.7 Å². The summed E-state index contributed by atoms with van der Waals surface area (Å²) in [6.07, 6.45) is 3.33. The highest BCUT2D eigenvalue weighted by Gasteiger charge is 2.23. The molecule has 0 aliphatic rings. The zero-order valence-electron chi connectivity index (χ0n) is 18.1. The Morgan fingerprint density at radius 2 is 1.97 bits per heavy atom. The predicted molar refractivity (Wildman–Crippen MR) is 122 cm³/mol. The molecule has 0 unspecified atom stereocenters. The van der Waals surface area contributed by atoms with E-state index < -0.39 is 5.91 Å². The largest absolute Gasteiger partial charge is 0.396 e. The Balaban J connectivity index is 2.35. The molecule has 1 aromatic carbocycles. The number of aryl methyl sites for hydroxylation is 2. The summed E-state index contributed by atoms with van der Waals surface area (Å²) < 4.78 is 1.84. The second-order valence-electron chi connectivity index (χ2n) is 7.43. The number of aromatic nitrogens is 3. The van der Waals surface area contributed by atoms with Crippen LogP contribution in [0.15, 0.2) is 36.2 Å². The Morgan fingerprint density at radius 1 is 1.25 bits per heavy atom. The lowest BCUT2D eigenvalue weighted by Crippen LogP contribution is -2.30. The first-order chi connectivity index (χ1) is 15.4. The van der Waals surface area contributed by atoms with Gasteiger partial charge in [0.15, 0.2) is 0 Å². The molecule has 3 rings (SSSR count). The molecule has 1 amide bonds. The van der Waals surface area contributed by atoms with Gasteiger partial charge in [-0.1, -0.05) is 29.8 Å². The maximum Gasteiger partial charge on any atom is 0.264 e. The highest BCUT2D eigenvalue weighted by Crippen LogP contribution is 2.38. The van der Waals surface area contributed by atoms with Crippen LogP contribution in [-0.2, 0) is 11.3 Å². The number of aliphatic hydroxyl groups excluding tert-OH is 2. The topological polar surface area (TPSA) is 141 Å². The molecule has 0 fully saturated rings. The van der Waals surface area contributed by atoms with Crippen LogP contribution in [0.2, 0.25) is 0 Å². The number of amides is 1. The van der Waals surface area contributed by atoms with E-state index in [4.69, 9.17) is 10.8 Å². The Kier molecular flexibility index (Phi) is 7.20. The third-order valence-electron chi connectivity index (χ3n) is 5.20. The third kappa shape index (κ3) is 4.46. The Labute approximate surface area is 186 Å². The van der Waals surface area contributed by atoms with Crippen LogP contribution >= 0.6 is 0 Å². The monoisotopic (exact) mass is 434 g/mol. The van der Waals surface area contributed by atoms with E-state index in [9.17, 15) is 15.2 Å². The van der Waals surface area contributed by atoms with E-state index in [0.29, 0.717) is 35.3 Å². The summed E-state index contributed by atoms with van der Waals surface area (Å²) in [6.45, 7) is 2.25. The molecule has 4 N–H and O–H groups in total. The van der Waals surface area contributed by atoms with Crippen molar-refractivity contribution in [3.05, 3.63) is 47.4 Å². The lowest BCUT2D eigenvalue weighted by Gasteiger charge is -2.15. The van der Waals surface area contributed by atoms with Gasteiger partial charge in [0.1, 0.15) is 29.4 Å². The summed E-state index contributed by atoms with van der Waals surface area (Å²) in [7, 11) is 1.52. The normalized spacial score (nSPS) is 11.5. The Bertz CT molecular complexity index is 1190. The van der Waals surface area contributed by atoms with E-state index in [-0.39, 0.29) is 31.1 Å². The number of nitrogens with two attached hydrogens (primary N) is 1. The number of aliphatic hydroxyl groups is 2. The van der Waals surface area contributed by atoms with Gasteiger partial charge < -0.3 is 25.4 Å². The van der Waals surface area contributed by atoms with Gasteiger partial charge in [-0.3, -0.25) is 4.79 Å². The highest BCUT2D eigenvalue weighted by molar-refractivity contribution is 6.08. The molecular formula is C23H26N6O3. The third-order valence-corrected chi connectivity index (χ3v) is 5.20. The first-order valence-corrected chi connectivity index (χ1v) is 10.2. The Morgan fingerprint density at radius 3 is 2.59 bits per heavy atom. The van der Waals surface area contributed by atoms with E-state index in [1.165, 1.54) is 24.4 Å². The van der Waals surface area contributed by atoms with E-state index in [1.54, 1.807) is 0 Å². The summed E-state index contributed by atoms with van der Waals surface area (Å²) in [5, 5.41) is 28.9. The highest BCUT2D eigenvalue weighted by atomic mass is 16.3. The molecule has 0 atom stereocenters. The van der Waals surface area contributed by atoms with Crippen molar-refractivity contribution in [3.63, 3.8) is 0 Å². The fourth-order valence-corrected chi connectivity index (χ4v) is 3.56. The van der Waals surface area contributed by atoms with Gasteiger partial charge in [-0.25, -0.2) is 9.97 Å². The van der Waals surface area contributed by atoms with Crippen molar-refractivity contribution < 1.29 is 15.0 Å². The predicted octanol–water partition coefficient (Wildman–Crippen LogP) is 1.73. The van der Waals surface area contributed by atoms with Gasteiger partial charge in [0.25, 0.3) is 5.91 Å². The smallest absolute Gasteiger partial charge is 0.264 e. The number of fused-ring (bicyclic) bond motifs is 1. The average Bonchev–Trinajstić information content (AvgIpc) is 3.10. The number of benzene rings is 1. The van der Waals surface area contributed by atoms with Crippen molar-refractivity contribution in [2.24, 2.45) is 0 Å². The fraction of sp³-hybridized carbons (Fsp3) is 0.304. The van der Waals surface area contributed by atoms with Gasteiger partial charge in [-0.2, -0.15) is 5.26 Å². The fourth-order valence-electron chi connectivity index (χ4n) is 3.56. The van der Waals surface area contributed by atoms with Crippen LogP contribution in [0.4, 0.5) is 5.82 Å². The first-order valence-electron chi connectivity index (χ1n) is 10.2. The van der Waals surface area contributed by atoms with E-state index in [0.717, 1.165) is 11.1 Å². The average molecular weight is 435 g/mol. The molecule has 0 aliphatic carbocycles. The van der Waals surface area contributed by atoms with E-state index >= 15 is 0 Å². The molecule has 9 nitrogen and oxygen atoms in total. The van der Waals surface area contributed by atoms with Crippen LogP contribution in [0, 0.1) is 18.3 Å². The van der Waals surface area contributed by atoms with Crippen LogP contribution < -0.4 is 5.73 Å². The summed E-state index contributed by atoms with van der Waals surface area (Å²) in [5.74, 6) is -0.223. The number of nitrogen functional groups attached to an aromatic ring is 1. The summed E-state index contributed by atoms with van der Waals surface area (Å²) in [6, 6.07) is 9.79. The number of carbonyl (C=O) groups is 1. The number of nitriles is 1. The molecule has 2 heterocycles. The van der Waals surface area contributed by atoms with Crippen molar-refractivity contribution >= 4 is 28.8 Å². The summed E-state index contributed by atoms with van der Waals surface area (Å²) >= 11 is 0. The van der Waals surface area contributed by atoms with Crippen molar-refractivity contribution in [1.82, 2.24) is 19.4 Å². The molecule has 3 aromatic rings. The van der Waals surface area contributed by atoms with Crippen LogP contribution in [0.25, 0.3) is 28.2 Å². The molecule has 0 saturated carbocycles. The van der Waals surface area contributed by atoms with Gasteiger partial charge in [-0.15, -0.1) is 0 Å². The zero-order chi connectivity index (χ0) is 23.3. The molecule has 32 heavy (non-hydrogen) atoms. The summed E-state index contributed by atoms with van der Waals surface area (Å²) in [5.41, 5.74) is 9.92. The molecule has 2 aromatic heterocycles. The van der Waals surface area contributed by atoms with E-state index in [1.807, 2.05) is 41.8 Å². The molecule has 0 saturated heterocycles. The zero-order valence-corrected chi connectivity index (χ0v) is 18.1. The van der Waals surface area contributed by atoms with Gasteiger partial charge >= 0.3 is 0 Å². The number of hydrogen-bond donors (Lipinski definition) is 3. The minimum absolute atomic E-state index is 0.0352. The Hall–Kier alpha value is -3.74. The second kappa shape index (κ2) is 10.0. The van der Waals surface area contributed by atoms with Crippen molar-refractivity contribution in [2.75, 3.05) is 32.5 Å². The van der Waals surface area contributed by atoms with Gasteiger partial charge in [-0.05, 0) is 25.0 Å². The molecule has 166 valence electrons. The standard InChI is InChI=1S/C23H26N6O3/c1-15-4-6-16(7-5-15)19-18(12-17(13-24)23(32)28(2)9-11-31)29(8-3-10-30)22-20(19)21(25)26-14-27-22/h4-7,12,14,30-31H,3,8-11H2,1-2H3,(H2,25,26,27). The van der Waals surface area contributed by atoms with Crippen LogP contribution in [0.3, 0.4) is 0 Å². The lowest BCUT2D eigenvalue weighted by molar-refractivity contribution is -0.125. The minimum atomic E-state index is -0.505. The number of anilines is 1. The number of hydrogen-bond acceptors (Lipinski definition) is 7. The molecule has 0 spiro atoms. The molecule has 0 aliphatic heterocycles. The molecular weight excluding hydrogens is 408 g/mol. The van der Waals surface area contributed by atoms with Crippen molar-refractivity contribution in [2.45, 2.75) is 19.9 Å².